The van der Waals surface area contributed by atoms with Crippen LogP contribution in [0.25, 0.3) is 0 Å². The SMILES string of the molecule is O=C(NCCc1cccs1)NCCC(O)C(=O)O. The molecule has 0 aliphatic carbocycles. The summed E-state index contributed by atoms with van der Waals surface area (Å²) in [5.41, 5.74) is 0. The molecule has 1 atom stereocenters. The molecule has 0 saturated carbocycles. The highest BCUT2D eigenvalue weighted by molar-refractivity contribution is 7.09. The van der Waals surface area contributed by atoms with Gasteiger partial charge in [-0.1, -0.05) is 6.07 Å². The number of amides is 2. The zero-order valence-corrected chi connectivity index (χ0v) is 10.6. The first kappa shape index (κ1) is 14.5. The molecule has 0 saturated heterocycles. The second-order valence-corrected chi connectivity index (χ2v) is 4.69. The Balaban J connectivity index is 2.05. The van der Waals surface area contributed by atoms with E-state index in [-0.39, 0.29) is 19.0 Å². The lowest BCUT2D eigenvalue weighted by Crippen LogP contribution is -2.38. The van der Waals surface area contributed by atoms with E-state index in [9.17, 15) is 9.59 Å². The van der Waals surface area contributed by atoms with Crippen molar-refractivity contribution in [2.24, 2.45) is 0 Å². The zero-order valence-electron chi connectivity index (χ0n) is 9.76. The number of carboxylic acid groups (broad SMARTS) is 1. The molecule has 1 unspecified atom stereocenters. The number of aliphatic hydroxyl groups excluding tert-OH is 1. The van der Waals surface area contributed by atoms with Crippen LogP contribution in [0.5, 0.6) is 0 Å². The Kier molecular flexibility index (Phi) is 6.16. The summed E-state index contributed by atoms with van der Waals surface area (Å²) in [7, 11) is 0. The molecule has 0 fully saturated rings. The third-order valence-corrected chi connectivity index (χ3v) is 3.16. The number of aliphatic carboxylic acids is 1. The topological polar surface area (TPSA) is 98.7 Å². The van der Waals surface area contributed by atoms with Crippen LogP contribution < -0.4 is 10.6 Å². The molecule has 7 heteroatoms. The fourth-order valence-electron chi connectivity index (χ4n) is 1.26. The average molecular weight is 272 g/mol. The Hall–Kier alpha value is -1.60. The van der Waals surface area contributed by atoms with Gasteiger partial charge in [0.05, 0.1) is 0 Å². The Morgan fingerprint density at radius 3 is 2.67 bits per heavy atom. The minimum atomic E-state index is -1.43. The van der Waals surface area contributed by atoms with Crippen molar-refractivity contribution in [2.45, 2.75) is 18.9 Å². The molecule has 6 nitrogen and oxygen atoms in total. The van der Waals surface area contributed by atoms with E-state index in [0.717, 1.165) is 6.42 Å². The van der Waals surface area contributed by atoms with Crippen LogP contribution in [0.4, 0.5) is 4.79 Å². The highest BCUT2D eigenvalue weighted by Gasteiger charge is 2.12. The predicted octanol–water partition coefficient (Wildman–Crippen LogP) is 0.425. The lowest BCUT2D eigenvalue weighted by atomic mass is 10.2. The number of rotatable bonds is 7. The Bertz CT molecular complexity index is 380. The third kappa shape index (κ3) is 5.65. The van der Waals surface area contributed by atoms with Gasteiger partial charge in [-0.3, -0.25) is 0 Å². The van der Waals surface area contributed by atoms with E-state index in [4.69, 9.17) is 10.2 Å². The fourth-order valence-corrected chi connectivity index (χ4v) is 1.97. The van der Waals surface area contributed by atoms with E-state index in [0.29, 0.717) is 6.54 Å². The van der Waals surface area contributed by atoms with Crippen LogP contribution in [0, 0.1) is 0 Å². The van der Waals surface area contributed by atoms with Crippen LogP contribution in [0.2, 0.25) is 0 Å². The molecule has 0 radical (unpaired) electrons. The van der Waals surface area contributed by atoms with E-state index in [1.807, 2.05) is 17.5 Å². The summed E-state index contributed by atoms with van der Waals surface area (Å²) in [5, 5.41) is 24.5. The van der Waals surface area contributed by atoms with Gasteiger partial charge in [0.25, 0.3) is 0 Å². The molecule has 1 heterocycles. The summed E-state index contributed by atoms with van der Waals surface area (Å²) in [6, 6.07) is 3.59. The lowest BCUT2D eigenvalue weighted by Gasteiger charge is -2.08. The highest BCUT2D eigenvalue weighted by Crippen LogP contribution is 2.07. The largest absolute Gasteiger partial charge is 0.479 e. The summed E-state index contributed by atoms with van der Waals surface area (Å²) in [6.45, 7) is 0.645. The highest BCUT2D eigenvalue weighted by atomic mass is 32.1. The minimum Gasteiger partial charge on any atom is -0.479 e. The molecule has 0 spiro atoms. The predicted molar refractivity (Wildman–Crippen MR) is 67.7 cm³/mol. The molecule has 100 valence electrons. The lowest BCUT2D eigenvalue weighted by molar-refractivity contribution is -0.146. The van der Waals surface area contributed by atoms with Gasteiger partial charge in [0.2, 0.25) is 0 Å². The van der Waals surface area contributed by atoms with Gasteiger partial charge in [0, 0.05) is 24.4 Å². The van der Waals surface area contributed by atoms with Crippen LogP contribution in [0.1, 0.15) is 11.3 Å². The Morgan fingerprint density at radius 2 is 2.06 bits per heavy atom. The quantitative estimate of drug-likeness (QED) is 0.578. The molecule has 18 heavy (non-hydrogen) atoms. The number of carboxylic acids is 1. The summed E-state index contributed by atoms with van der Waals surface area (Å²) in [4.78, 5) is 22.8. The smallest absolute Gasteiger partial charge is 0.332 e. The van der Waals surface area contributed by atoms with Crippen molar-refractivity contribution in [3.63, 3.8) is 0 Å². The first-order valence-corrected chi connectivity index (χ1v) is 6.42. The van der Waals surface area contributed by atoms with E-state index in [1.54, 1.807) is 11.3 Å². The second-order valence-electron chi connectivity index (χ2n) is 3.65. The number of carbonyl (C=O) groups is 2. The van der Waals surface area contributed by atoms with Crippen molar-refractivity contribution >= 4 is 23.3 Å². The van der Waals surface area contributed by atoms with E-state index in [2.05, 4.69) is 10.6 Å². The summed E-state index contributed by atoms with van der Waals surface area (Å²) < 4.78 is 0. The number of hydrogen-bond acceptors (Lipinski definition) is 4. The summed E-state index contributed by atoms with van der Waals surface area (Å²) in [6.07, 6.45) is -0.673. The monoisotopic (exact) mass is 272 g/mol. The van der Waals surface area contributed by atoms with Gasteiger partial charge >= 0.3 is 12.0 Å². The average Bonchev–Trinajstić information content (AvgIpc) is 2.81. The Labute approximate surface area is 109 Å². The first-order chi connectivity index (χ1) is 8.59. The number of hydrogen-bond donors (Lipinski definition) is 4. The zero-order chi connectivity index (χ0) is 13.4. The van der Waals surface area contributed by atoms with Crippen LogP contribution in [-0.2, 0) is 11.2 Å². The molecular formula is C11H16N2O4S. The molecule has 4 N–H and O–H groups in total. The summed E-state index contributed by atoms with van der Waals surface area (Å²) >= 11 is 1.63. The van der Waals surface area contributed by atoms with Gasteiger partial charge in [-0.25, -0.2) is 9.59 Å². The van der Waals surface area contributed by atoms with Crippen molar-refractivity contribution in [1.82, 2.24) is 10.6 Å². The van der Waals surface area contributed by atoms with Crippen LogP contribution in [-0.4, -0.2) is 41.4 Å². The molecule has 0 aliphatic rings. The third-order valence-electron chi connectivity index (χ3n) is 2.23. The van der Waals surface area contributed by atoms with Crippen LogP contribution in [0.15, 0.2) is 17.5 Å². The molecule has 2 amide bonds. The number of urea groups is 1. The first-order valence-electron chi connectivity index (χ1n) is 5.54. The molecule has 1 aromatic rings. The van der Waals surface area contributed by atoms with Crippen LogP contribution in [0.3, 0.4) is 0 Å². The minimum absolute atomic E-state index is 0.00627. The summed E-state index contributed by atoms with van der Waals surface area (Å²) in [5.74, 6) is -1.28. The maximum absolute atomic E-state index is 11.3. The number of nitrogens with one attached hydrogen (secondary N) is 2. The van der Waals surface area contributed by atoms with Gasteiger partial charge < -0.3 is 20.8 Å². The van der Waals surface area contributed by atoms with Crippen molar-refractivity contribution in [3.8, 4) is 0 Å². The van der Waals surface area contributed by atoms with Crippen molar-refractivity contribution in [3.05, 3.63) is 22.4 Å². The molecule has 1 rings (SSSR count). The van der Waals surface area contributed by atoms with Gasteiger partial charge in [-0.05, 0) is 17.9 Å². The molecule has 1 aromatic heterocycles. The van der Waals surface area contributed by atoms with Gasteiger partial charge in [-0.2, -0.15) is 0 Å². The standard InChI is InChI=1S/C11H16N2O4S/c14-9(10(15)16)4-6-13-11(17)12-5-3-8-2-1-7-18-8/h1-2,7,9,14H,3-6H2,(H,15,16)(H2,12,13,17). The van der Waals surface area contributed by atoms with Crippen molar-refractivity contribution < 1.29 is 19.8 Å². The Morgan fingerprint density at radius 1 is 1.33 bits per heavy atom. The maximum Gasteiger partial charge on any atom is 0.332 e. The molecular weight excluding hydrogens is 256 g/mol. The maximum atomic E-state index is 11.3. The molecule has 0 bridgehead atoms. The fraction of sp³-hybridized carbons (Fsp3) is 0.455. The van der Waals surface area contributed by atoms with Gasteiger partial charge in [0.15, 0.2) is 6.10 Å². The second kappa shape index (κ2) is 7.67. The molecule has 0 aliphatic heterocycles. The normalized spacial score (nSPS) is 11.8. The molecule has 0 aromatic carbocycles. The number of thiophene rings is 1. The van der Waals surface area contributed by atoms with E-state index >= 15 is 0 Å². The van der Waals surface area contributed by atoms with E-state index in [1.165, 1.54) is 4.88 Å². The van der Waals surface area contributed by atoms with E-state index < -0.39 is 12.1 Å². The number of aliphatic hydroxyl groups is 1. The van der Waals surface area contributed by atoms with Crippen LogP contribution >= 0.6 is 11.3 Å². The van der Waals surface area contributed by atoms with Crippen molar-refractivity contribution in [2.75, 3.05) is 13.1 Å². The van der Waals surface area contributed by atoms with Gasteiger partial charge in [0.1, 0.15) is 0 Å². The number of carbonyl (C=O) groups excluding carboxylic acids is 1. The van der Waals surface area contributed by atoms with Gasteiger partial charge in [-0.15, -0.1) is 11.3 Å². The van der Waals surface area contributed by atoms with Crippen molar-refractivity contribution in [1.29, 1.82) is 0 Å².